The Kier molecular flexibility index (Phi) is 7.17. The first-order chi connectivity index (χ1) is 11.9. The molecule has 0 bridgehead atoms. The fraction of sp³-hybridized carbons (Fsp3) is 0.167. The van der Waals surface area contributed by atoms with Gasteiger partial charge in [-0.2, -0.15) is 0 Å². The lowest BCUT2D eigenvalue weighted by atomic mass is 10.2. The summed E-state index contributed by atoms with van der Waals surface area (Å²) >= 11 is 15.5. The van der Waals surface area contributed by atoms with Gasteiger partial charge in [-0.3, -0.25) is 0 Å². The molecule has 0 spiro atoms. The fourth-order valence-corrected chi connectivity index (χ4v) is 2.93. The number of hydrogen-bond donors (Lipinski definition) is 1. The molecule has 0 amide bonds. The molecule has 0 heterocycles. The fourth-order valence-electron chi connectivity index (χ4n) is 2.01. The lowest BCUT2D eigenvalue weighted by Gasteiger charge is -2.14. The van der Waals surface area contributed by atoms with Crippen molar-refractivity contribution in [2.45, 2.75) is 13.5 Å². The smallest absolute Gasteiger partial charge is 0.328 e. The van der Waals surface area contributed by atoms with Crippen LogP contribution in [-0.2, 0) is 11.4 Å². The average Bonchev–Trinajstić information content (AvgIpc) is 2.54. The van der Waals surface area contributed by atoms with Crippen molar-refractivity contribution in [1.82, 2.24) is 0 Å². The third kappa shape index (κ3) is 5.66. The van der Waals surface area contributed by atoms with Gasteiger partial charge >= 0.3 is 5.97 Å². The first kappa shape index (κ1) is 19.6. The first-order valence-corrected chi connectivity index (χ1v) is 8.89. The van der Waals surface area contributed by atoms with Crippen LogP contribution in [-0.4, -0.2) is 17.7 Å². The van der Waals surface area contributed by atoms with Crippen LogP contribution in [0.2, 0.25) is 10.0 Å². The molecule has 0 aliphatic rings. The van der Waals surface area contributed by atoms with Crippen LogP contribution < -0.4 is 9.47 Å². The molecule has 2 rings (SSSR count). The highest BCUT2D eigenvalue weighted by Crippen LogP contribution is 2.35. The van der Waals surface area contributed by atoms with Crippen molar-refractivity contribution in [2.75, 3.05) is 6.61 Å². The van der Waals surface area contributed by atoms with Gasteiger partial charge in [-0.15, -0.1) is 0 Å². The van der Waals surface area contributed by atoms with E-state index >= 15 is 0 Å². The molecule has 4 nitrogen and oxygen atoms in total. The molecular weight excluding hydrogens is 431 g/mol. The third-order valence-corrected chi connectivity index (χ3v) is 4.44. The lowest BCUT2D eigenvalue weighted by molar-refractivity contribution is -0.131. The SMILES string of the molecule is CCOc1cc(/C=C/C(=O)O)c(Br)cc1OCc1ccc(Cl)cc1Cl. The Hall–Kier alpha value is -1.69. The standard InChI is InChI=1S/C18H15BrCl2O4/c1-2-24-16-7-11(4-6-18(22)23)14(19)9-17(16)25-10-12-3-5-13(20)8-15(12)21/h3-9H,2,10H2,1H3,(H,22,23)/b6-4+. The van der Waals surface area contributed by atoms with Crippen molar-refractivity contribution >= 4 is 51.2 Å². The highest BCUT2D eigenvalue weighted by atomic mass is 79.9. The largest absolute Gasteiger partial charge is 0.490 e. The second kappa shape index (κ2) is 9.13. The minimum absolute atomic E-state index is 0.243. The number of halogens is 3. The topological polar surface area (TPSA) is 55.8 Å². The van der Waals surface area contributed by atoms with Gasteiger partial charge in [0.2, 0.25) is 0 Å². The maximum atomic E-state index is 10.7. The molecule has 0 unspecified atom stereocenters. The van der Waals surface area contributed by atoms with Crippen LogP contribution in [0.5, 0.6) is 11.5 Å². The molecule has 0 aliphatic carbocycles. The van der Waals surface area contributed by atoms with Gasteiger partial charge in [0.05, 0.1) is 6.61 Å². The van der Waals surface area contributed by atoms with Gasteiger partial charge in [0.15, 0.2) is 11.5 Å². The third-order valence-electron chi connectivity index (χ3n) is 3.17. The van der Waals surface area contributed by atoms with Gasteiger partial charge in [0.25, 0.3) is 0 Å². The van der Waals surface area contributed by atoms with E-state index in [1.807, 2.05) is 6.92 Å². The predicted molar refractivity (Wildman–Crippen MR) is 103 cm³/mol. The van der Waals surface area contributed by atoms with Crippen LogP contribution in [0.1, 0.15) is 18.1 Å². The molecule has 132 valence electrons. The zero-order valence-electron chi connectivity index (χ0n) is 13.3. The number of benzene rings is 2. The summed E-state index contributed by atoms with van der Waals surface area (Å²) in [4.78, 5) is 10.7. The molecule has 0 radical (unpaired) electrons. The Labute approximate surface area is 164 Å². The van der Waals surface area contributed by atoms with E-state index in [9.17, 15) is 4.79 Å². The maximum absolute atomic E-state index is 10.7. The maximum Gasteiger partial charge on any atom is 0.328 e. The Bertz CT molecular complexity index is 806. The normalized spacial score (nSPS) is 10.9. The Morgan fingerprint density at radius 2 is 1.92 bits per heavy atom. The quantitative estimate of drug-likeness (QED) is 0.544. The summed E-state index contributed by atoms with van der Waals surface area (Å²) in [5.74, 6) is 0.00982. The van der Waals surface area contributed by atoms with Crippen molar-refractivity contribution in [3.63, 3.8) is 0 Å². The summed E-state index contributed by atoms with van der Waals surface area (Å²) in [7, 11) is 0. The Balaban J connectivity index is 2.26. The average molecular weight is 446 g/mol. The van der Waals surface area contributed by atoms with Crippen molar-refractivity contribution < 1.29 is 19.4 Å². The molecule has 0 aromatic heterocycles. The van der Waals surface area contributed by atoms with Crippen LogP contribution in [0.15, 0.2) is 40.9 Å². The van der Waals surface area contributed by atoms with E-state index in [0.717, 1.165) is 11.6 Å². The Morgan fingerprint density at radius 3 is 2.56 bits per heavy atom. The number of carboxylic acid groups (broad SMARTS) is 1. The van der Waals surface area contributed by atoms with Crippen LogP contribution in [0.3, 0.4) is 0 Å². The van der Waals surface area contributed by atoms with E-state index in [4.69, 9.17) is 37.8 Å². The van der Waals surface area contributed by atoms with Crippen LogP contribution >= 0.6 is 39.1 Å². The van der Waals surface area contributed by atoms with E-state index in [1.165, 1.54) is 6.08 Å². The molecule has 7 heteroatoms. The number of rotatable bonds is 7. The summed E-state index contributed by atoms with van der Waals surface area (Å²) < 4.78 is 12.1. The van der Waals surface area contributed by atoms with E-state index in [1.54, 1.807) is 30.3 Å². The summed E-state index contributed by atoms with van der Waals surface area (Å²) in [5, 5.41) is 9.84. The molecule has 0 atom stereocenters. The molecular formula is C18H15BrCl2O4. The van der Waals surface area contributed by atoms with Gasteiger partial charge in [0.1, 0.15) is 6.61 Å². The van der Waals surface area contributed by atoms with Gasteiger partial charge in [-0.05, 0) is 42.8 Å². The van der Waals surface area contributed by atoms with Crippen molar-refractivity contribution in [2.24, 2.45) is 0 Å². The molecule has 1 N–H and O–H groups in total. The molecule has 2 aromatic carbocycles. The van der Waals surface area contributed by atoms with Gasteiger partial charge in [-0.25, -0.2) is 4.79 Å². The van der Waals surface area contributed by atoms with Crippen molar-refractivity contribution in [3.05, 3.63) is 62.1 Å². The molecule has 25 heavy (non-hydrogen) atoms. The number of hydrogen-bond acceptors (Lipinski definition) is 3. The molecule has 0 fully saturated rings. The van der Waals surface area contributed by atoms with Gasteiger partial charge in [-0.1, -0.05) is 45.2 Å². The Morgan fingerprint density at radius 1 is 1.20 bits per heavy atom. The van der Waals surface area contributed by atoms with E-state index in [-0.39, 0.29) is 6.61 Å². The number of carbonyl (C=O) groups is 1. The highest BCUT2D eigenvalue weighted by molar-refractivity contribution is 9.10. The minimum Gasteiger partial charge on any atom is -0.490 e. The lowest BCUT2D eigenvalue weighted by Crippen LogP contribution is -2.01. The molecule has 0 saturated carbocycles. The van der Waals surface area contributed by atoms with E-state index in [0.29, 0.717) is 38.2 Å². The predicted octanol–water partition coefficient (Wildman–Crippen LogP) is 5.83. The summed E-state index contributed by atoms with van der Waals surface area (Å²) in [6, 6.07) is 8.64. The van der Waals surface area contributed by atoms with Crippen LogP contribution in [0, 0.1) is 0 Å². The molecule has 0 saturated heterocycles. The van der Waals surface area contributed by atoms with E-state index < -0.39 is 5.97 Å². The number of aliphatic carboxylic acids is 1. The monoisotopic (exact) mass is 444 g/mol. The zero-order chi connectivity index (χ0) is 18.4. The molecule has 2 aromatic rings. The van der Waals surface area contributed by atoms with Crippen molar-refractivity contribution in [3.8, 4) is 11.5 Å². The zero-order valence-corrected chi connectivity index (χ0v) is 16.4. The second-order valence-electron chi connectivity index (χ2n) is 4.95. The first-order valence-electron chi connectivity index (χ1n) is 7.34. The second-order valence-corrected chi connectivity index (χ2v) is 6.65. The van der Waals surface area contributed by atoms with Gasteiger partial charge < -0.3 is 14.6 Å². The van der Waals surface area contributed by atoms with E-state index in [2.05, 4.69) is 15.9 Å². The number of ether oxygens (including phenoxy) is 2. The van der Waals surface area contributed by atoms with Crippen molar-refractivity contribution in [1.29, 1.82) is 0 Å². The molecule has 0 aliphatic heterocycles. The van der Waals surface area contributed by atoms with Crippen LogP contribution in [0.25, 0.3) is 6.08 Å². The van der Waals surface area contributed by atoms with Gasteiger partial charge in [0, 0.05) is 26.2 Å². The van der Waals surface area contributed by atoms with Crippen LogP contribution in [0.4, 0.5) is 0 Å². The number of carboxylic acids is 1. The minimum atomic E-state index is -1.03. The summed E-state index contributed by atoms with van der Waals surface area (Å²) in [6.45, 7) is 2.54. The summed E-state index contributed by atoms with van der Waals surface area (Å²) in [5.41, 5.74) is 1.46. The highest BCUT2D eigenvalue weighted by Gasteiger charge is 2.11. The summed E-state index contributed by atoms with van der Waals surface area (Å²) in [6.07, 6.45) is 2.54.